The zero-order valence-electron chi connectivity index (χ0n) is 11.2. The van der Waals surface area contributed by atoms with Crippen molar-refractivity contribution in [3.8, 4) is 5.75 Å². The molecule has 0 N–H and O–H groups in total. The zero-order chi connectivity index (χ0) is 13.8. The number of hydrogen-bond acceptors (Lipinski definition) is 2. The highest BCUT2D eigenvalue weighted by molar-refractivity contribution is 9.09. The molecule has 0 saturated heterocycles. The largest absolute Gasteiger partial charge is 0.494 e. The highest BCUT2D eigenvalue weighted by Gasteiger charge is 1.96. The highest BCUT2D eigenvalue weighted by atomic mass is 79.9. The third kappa shape index (κ3) is 8.66. The average Bonchev–Trinajstić information content (AvgIpc) is 2.45. The molecule has 0 bridgehead atoms. The molecule has 0 aliphatic carbocycles. The number of alkyl halides is 2. The Morgan fingerprint density at radius 2 is 1.42 bits per heavy atom. The Morgan fingerprint density at radius 3 is 2.05 bits per heavy atom. The lowest BCUT2D eigenvalue weighted by molar-refractivity contribution is 0.118. The zero-order valence-corrected chi connectivity index (χ0v) is 14.4. The van der Waals surface area contributed by atoms with Gasteiger partial charge in [0.05, 0.1) is 13.2 Å². The molecule has 0 radical (unpaired) electrons. The Labute approximate surface area is 133 Å². The topological polar surface area (TPSA) is 18.5 Å². The lowest BCUT2D eigenvalue weighted by atomic mass is 10.2. The van der Waals surface area contributed by atoms with Crippen LogP contribution in [-0.2, 0) is 11.3 Å². The molecule has 0 aliphatic rings. The first-order chi connectivity index (χ1) is 9.36. The third-order valence-electron chi connectivity index (χ3n) is 2.66. The summed E-state index contributed by atoms with van der Waals surface area (Å²) >= 11 is 6.83. The maximum absolute atomic E-state index is 5.65. The molecule has 0 heterocycles. The molecule has 1 aromatic carbocycles. The molecule has 0 spiro atoms. The number of benzene rings is 1. The van der Waals surface area contributed by atoms with Crippen molar-refractivity contribution in [1.82, 2.24) is 0 Å². The molecule has 0 saturated carbocycles. The molecule has 0 atom stereocenters. The Balaban J connectivity index is 2.16. The van der Waals surface area contributed by atoms with Crippen LogP contribution in [0.4, 0.5) is 0 Å². The summed E-state index contributed by atoms with van der Waals surface area (Å²) in [6.07, 6.45) is 4.52. The number of hydrogen-bond donors (Lipinski definition) is 0. The van der Waals surface area contributed by atoms with Gasteiger partial charge in [-0.1, -0.05) is 44.0 Å². The van der Waals surface area contributed by atoms with E-state index in [1.54, 1.807) is 0 Å². The van der Waals surface area contributed by atoms with Gasteiger partial charge in [0, 0.05) is 17.3 Å². The molecule has 0 amide bonds. The molecular weight excluding hydrogens is 372 g/mol. The van der Waals surface area contributed by atoms with E-state index in [1.165, 1.54) is 12.0 Å². The van der Waals surface area contributed by atoms with Gasteiger partial charge in [-0.15, -0.1) is 0 Å². The van der Waals surface area contributed by atoms with Gasteiger partial charge in [0.25, 0.3) is 0 Å². The summed E-state index contributed by atoms with van der Waals surface area (Å²) in [5, 5.41) is 2.10. The summed E-state index contributed by atoms with van der Waals surface area (Å²) in [7, 11) is 0. The summed E-state index contributed by atoms with van der Waals surface area (Å²) in [5.74, 6) is 0.942. The fraction of sp³-hybridized carbons (Fsp3) is 0.600. The van der Waals surface area contributed by atoms with Gasteiger partial charge in [-0.05, 0) is 43.4 Å². The maximum atomic E-state index is 5.65. The van der Waals surface area contributed by atoms with Gasteiger partial charge in [-0.2, -0.15) is 0 Å². The van der Waals surface area contributed by atoms with Crippen LogP contribution in [-0.4, -0.2) is 23.9 Å². The summed E-state index contributed by atoms with van der Waals surface area (Å²) < 4.78 is 11.3. The predicted octanol–water partition coefficient (Wildman–Crippen LogP) is 4.93. The first kappa shape index (κ1) is 17.0. The van der Waals surface area contributed by atoms with Gasteiger partial charge in [0.1, 0.15) is 5.75 Å². The second kappa shape index (κ2) is 11.7. The van der Waals surface area contributed by atoms with Crippen LogP contribution in [0.15, 0.2) is 24.3 Å². The van der Waals surface area contributed by atoms with Gasteiger partial charge in [0.15, 0.2) is 0 Å². The summed E-state index contributed by atoms with van der Waals surface area (Å²) in [6.45, 7) is 2.30. The quantitative estimate of drug-likeness (QED) is 0.392. The Hall–Kier alpha value is -0.0600. The SMILES string of the molecule is BrCCCCOCc1ccc(OCCCCBr)cc1. The molecular formula is C15H22Br2O2. The Morgan fingerprint density at radius 1 is 0.789 bits per heavy atom. The fourth-order valence-corrected chi connectivity index (χ4v) is 2.35. The predicted molar refractivity (Wildman–Crippen MR) is 87.6 cm³/mol. The van der Waals surface area contributed by atoms with Gasteiger partial charge in [-0.3, -0.25) is 0 Å². The Kier molecular flexibility index (Phi) is 10.5. The van der Waals surface area contributed by atoms with Crippen molar-refractivity contribution in [2.24, 2.45) is 0 Å². The molecule has 0 aromatic heterocycles. The van der Waals surface area contributed by atoms with Crippen molar-refractivity contribution in [3.05, 3.63) is 29.8 Å². The molecule has 0 aliphatic heterocycles. The van der Waals surface area contributed by atoms with Gasteiger partial charge in [0.2, 0.25) is 0 Å². The van der Waals surface area contributed by atoms with Crippen LogP contribution in [0.25, 0.3) is 0 Å². The van der Waals surface area contributed by atoms with Crippen LogP contribution in [0.1, 0.15) is 31.2 Å². The van der Waals surface area contributed by atoms with Crippen LogP contribution >= 0.6 is 31.9 Å². The van der Waals surface area contributed by atoms with Gasteiger partial charge < -0.3 is 9.47 Å². The van der Waals surface area contributed by atoms with E-state index in [-0.39, 0.29) is 0 Å². The van der Waals surface area contributed by atoms with Crippen LogP contribution in [0.2, 0.25) is 0 Å². The van der Waals surface area contributed by atoms with E-state index < -0.39 is 0 Å². The first-order valence-corrected chi connectivity index (χ1v) is 9.02. The van der Waals surface area contributed by atoms with Crippen molar-refractivity contribution < 1.29 is 9.47 Å². The Bertz CT molecular complexity index is 314. The van der Waals surface area contributed by atoms with Crippen LogP contribution in [0.3, 0.4) is 0 Å². The van der Waals surface area contributed by atoms with Gasteiger partial charge >= 0.3 is 0 Å². The normalized spacial score (nSPS) is 10.6. The van der Waals surface area contributed by atoms with Crippen molar-refractivity contribution in [1.29, 1.82) is 0 Å². The highest BCUT2D eigenvalue weighted by Crippen LogP contribution is 2.13. The molecule has 1 rings (SSSR count). The summed E-state index contributed by atoms with van der Waals surface area (Å²) in [6, 6.07) is 8.19. The van der Waals surface area contributed by atoms with Crippen LogP contribution in [0, 0.1) is 0 Å². The summed E-state index contributed by atoms with van der Waals surface area (Å²) in [5.41, 5.74) is 1.20. The van der Waals surface area contributed by atoms with E-state index >= 15 is 0 Å². The van der Waals surface area contributed by atoms with Crippen LogP contribution < -0.4 is 4.74 Å². The lowest BCUT2D eigenvalue weighted by Gasteiger charge is -2.07. The molecule has 4 heteroatoms. The maximum Gasteiger partial charge on any atom is 0.119 e. The number of halogens is 2. The lowest BCUT2D eigenvalue weighted by Crippen LogP contribution is -1.98. The van der Waals surface area contributed by atoms with E-state index in [9.17, 15) is 0 Å². The van der Waals surface area contributed by atoms with Crippen LogP contribution in [0.5, 0.6) is 5.75 Å². The monoisotopic (exact) mass is 392 g/mol. The summed E-state index contributed by atoms with van der Waals surface area (Å²) in [4.78, 5) is 0. The van der Waals surface area contributed by atoms with E-state index in [1.807, 2.05) is 12.1 Å². The fourth-order valence-electron chi connectivity index (χ4n) is 1.56. The second-order valence-electron chi connectivity index (χ2n) is 4.34. The molecule has 0 unspecified atom stereocenters. The molecule has 108 valence electrons. The smallest absolute Gasteiger partial charge is 0.119 e. The van der Waals surface area contributed by atoms with Crippen molar-refractivity contribution >= 4 is 31.9 Å². The molecule has 2 nitrogen and oxygen atoms in total. The van der Waals surface area contributed by atoms with Gasteiger partial charge in [-0.25, -0.2) is 0 Å². The second-order valence-corrected chi connectivity index (χ2v) is 5.92. The molecule has 1 aromatic rings. The van der Waals surface area contributed by atoms with E-state index in [0.717, 1.165) is 48.9 Å². The standard InChI is InChI=1S/C15H22Br2O2/c16-9-1-3-11-18-13-14-5-7-15(8-6-14)19-12-4-2-10-17/h5-8H,1-4,9-13H2. The minimum atomic E-state index is 0.687. The molecule has 19 heavy (non-hydrogen) atoms. The minimum Gasteiger partial charge on any atom is -0.494 e. The first-order valence-electron chi connectivity index (χ1n) is 6.78. The van der Waals surface area contributed by atoms with Crippen molar-refractivity contribution in [2.45, 2.75) is 32.3 Å². The van der Waals surface area contributed by atoms with E-state index in [4.69, 9.17) is 9.47 Å². The van der Waals surface area contributed by atoms with Crippen molar-refractivity contribution in [3.63, 3.8) is 0 Å². The van der Waals surface area contributed by atoms with E-state index in [2.05, 4.69) is 44.0 Å². The third-order valence-corrected chi connectivity index (χ3v) is 3.78. The number of rotatable bonds is 11. The molecule has 0 fully saturated rings. The number of unbranched alkanes of at least 4 members (excludes halogenated alkanes) is 2. The van der Waals surface area contributed by atoms with Crippen molar-refractivity contribution in [2.75, 3.05) is 23.9 Å². The van der Waals surface area contributed by atoms with E-state index in [0.29, 0.717) is 6.61 Å². The number of ether oxygens (including phenoxy) is 2. The average molecular weight is 394 g/mol. The minimum absolute atomic E-state index is 0.687.